The van der Waals surface area contributed by atoms with Gasteiger partial charge in [0.2, 0.25) is 0 Å². The van der Waals surface area contributed by atoms with Crippen LogP contribution < -0.4 is 5.32 Å². The largest absolute Gasteiger partial charge is 0.396 e. The molecule has 21 heavy (non-hydrogen) atoms. The number of carbonyl (C=O) groups is 1. The first kappa shape index (κ1) is 16.2. The number of aliphatic hydroxyl groups excluding tert-OH is 1. The quantitative estimate of drug-likeness (QED) is 0.898. The van der Waals surface area contributed by atoms with Crippen molar-refractivity contribution in [3.8, 4) is 0 Å². The molecule has 5 nitrogen and oxygen atoms in total. The Morgan fingerprint density at radius 1 is 1.57 bits per heavy atom. The van der Waals surface area contributed by atoms with Gasteiger partial charge in [0.25, 0.3) is 0 Å². The van der Waals surface area contributed by atoms with E-state index < -0.39 is 0 Å². The summed E-state index contributed by atoms with van der Waals surface area (Å²) in [7, 11) is 0. The van der Waals surface area contributed by atoms with E-state index in [1.807, 2.05) is 24.1 Å². The van der Waals surface area contributed by atoms with Gasteiger partial charge in [-0.1, -0.05) is 6.92 Å². The number of hydrogen-bond acceptors (Lipinski definition) is 4. The first-order valence-corrected chi connectivity index (χ1v) is 8.46. The van der Waals surface area contributed by atoms with Crippen molar-refractivity contribution in [1.29, 1.82) is 0 Å². The number of nitrogens with zero attached hydrogens (tertiary/aromatic N) is 2. The molecular weight excluding hydrogens is 286 g/mol. The molecule has 2 N–H and O–H groups in total. The van der Waals surface area contributed by atoms with E-state index in [2.05, 4.69) is 17.2 Å². The van der Waals surface area contributed by atoms with Crippen LogP contribution in [-0.4, -0.2) is 40.7 Å². The fourth-order valence-electron chi connectivity index (χ4n) is 2.72. The predicted octanol–water partition coefficient (Wildman–Crippen LogP) is 2.71. The Hall–Kier alpha value is -1.14. The SMILES string of the molecule is CCC1(CO)CCN(C(=O)NC(C)c2nc(C)cs2)CC1. The van der Waals surface area contributed by atoms with Gasteiger partial charge in [-0.05, 0) is 38.5 Å². The molecule has 1 fully saturated rings. The zero-order chi connectivity index (χ0) is 15.5. The normalized spacial score (nSPS) is 19.3. The van der Waals surface area contributed by atoms with Gasteiger partial charge in [0.15, 0.2) is 0 Å². The number of aryl methyl sites for hydroxylation is 1. The molecule has 1 aliphatic rings. The second kappa shape index (κ2) is 6.75. The van der Waals surface area contributed by atoms with Crippen LogP contribution in [0.4, 0.5) is 4.79 Å². The molecule has 0 aliphatic carbocycles. The monoisotopic (exact) mass is 311 g/mol. The zero-order valence-corrected chi connectivity index (χ0v) is 13.9. The molecule has 118 valence electrons. The van der Waals surface area contributed by atoms with Gasteiger partial charge in [-0.2, -0.15) is 0 Å². The van der Waals surface area contributed by atoms with Gasteiger partial charge in [-0.15, -0.1) is 11.3 Å². The van der Waals surface area contributed by atoms with Crippen molar-refractivity contribution in [2.75, 3.05) is 19.7 Å². The topological polar surface area (TPSA) is 65.5 Å². The number of urea groups is 1. The Labute approximate surface area is 130 Å². The predicted molar refractivity (Wildman–Crippen MR) is 84.4 cm³/mol. The number of aliphatic hydroxyl groups is 1. The summed E-state index contributed by atoms with van der Waals surface area (Å²) in [6, 6.07) is -0.0927. The fraction of sp³-hybridized carbons (Fsp3) is 0.733. The number of piperidine rings is 1. The van der Waals surface area contributed by atoms with E-state index in [0.29, 0.717) is 13.1 Å². The summed E-state index contributed by atoms with van der Waals surface area (Å²) in [5.41, 5.74) is 0.999. The highest BCUT2D eigenvalue weighted by molar-refractivity contribution is 7.09. The summed E-state index contributed by atoms with van der Waals surface area (Å²) in [5, 5.41) is 15.5. The fourth-order valence-corrected chi connectivity index (χ4v) is 3.52. The minimum absolute atomic E-state index is 0.00875. The van der Waals surface area contributed by atoms with Gasteiger partial charge < -0.3 is 15.3 Å². The van der Waals surface area contributed by atoms with Crippen molar-refractivity contribution in [2.24, 2.45) is 5.41 Å². The summed E-state index contributed by atoms with van der Waals surface area (Å²) in [4.78, 5) is 18.6. The molecule has 0 spiro atoms. The van der Waals surface area contributed by atoms with Crippen molar-refractivity contribution in [3.63, 3.8) is 0 Å². The lowest BCUT2D eigenvalue weighted by Crippen LogP contribution is -2.48. The van der Waals surface area contributed by atoms with Crippen LogP contribution >= 0.6 is 11.3 Å². The smallest absolute Gasteiger partial charge is 0.317 e. The third-order valence-corrected chi connectivity index (χ3v) is 5.69. The summed E-state index contributed by atoms with van der Waals surface area (Å²) in [5.74, 6) is 0. The van der Waals surface area contributed by atoms with Crippen LogP contribution in [0.5, 0.6) is 0 Å². The molecule has 2 heterocycles. The molecule has 1 saturated heterocycles. The van der Waals surface area contributed by atoms with E-state index in [1.54, 1.807) is 11.3 Å². The standard InChI is InChI=1S/C15H25N3O2S/c1-4-15(10-19)5-7-18(8-6-15)14(20)17-12(3)13-16-11(2)9-21-13/h9,12,19H,4-8,10H2,1-3H3,(H,17,20). The average Bonchev–Trinajstić information content (AvgIpc) is 2.94. The minimum Gasteiger partial charge on any atom is -0.396 e. The Kier molecular flexibility index (Phi) is 5.22. The summed E-state index contributed by atoms with van der Waals surface area (Å²) in [6.45, 7) is 7.67. The van der Waals surface area contributed by atoms with Crippen molar-refractivity contribution >= 4 is 17.4 Å². The van der Waals surface area contributed by atoms with Gasteiger partial charge in [0.1, 0.15) is 5.01 Å². The number of aromatic nitrogens is 1. The maximum atomic E-state index is 12.3. The summed E-state index contributed by atoms with van der Waals surface area (Å²) in [6.07, 6.45) is 2.71. The van der Waals surface area contributed by atoms with Crippen LogP contribution in [0.1, 0.15) is 49.9 Å². The molecule has 0 aromatic carbocycles. The maximum Gasteiger partial charge on any atom is 0.317 e. The number of rotatable bonds is 4. The number of nitrogens with one attached hydrogen (secondary N) is 1. The zero-order valence-electron chi connectivity index (χ0n) is 13.1. The highest BCUT2D eigenvalue weighted by Gasteiger charge is 2.34. The molecule has 1 atom stereocenters. The maximum absolute atomic E-state index is 12.3. The average molecular weight is 311 g/mol. The molecule has 0 radical (unpaired) electrons. The van der Waals surface area contributed by atoms with Gasteiger partial charge in [0, 0.05) is 30.8 Å². The van der Waals surface area contributed by atoms with Crippen molar-refractivity contribution in [3.05, 3.63) is 16.1 Å². The molecule has 2 rings (SSSR count). The van der Waals surface area contributed by atoms with Crippen LogP contribution in [0.3, 0.4) is 0 Å². The number of amides is 2. The second-order valence-corrected chi connectivity index (χ2v) is 6.89. The molecule has 0 saturated carbocycles. The van der Waals surface area contributed by atoms with E-state index in [4.69, 9.17) is 0 Å². The van der Waals surface area contributed by atoms with Gasteiger partial charge in [-0.3, -0.25) is 0 Å². The lowest BCUT2D eigenvalue weighted by atomic mass is 9.77. The summed E-state index contributed by atoms with van der Waals surface area (Å²) < 4.78 is 0. The highest BCUT2D eigenvalue weighted by Crippen LogP contribution is 2.34. The second-order valence-electron chi connectivity index (χ2n) is 6.00. The first-order valence-electron chi connectivity index (χ1n) is 7.58. The molecule has 6 heteroatoms. The van der Waals surface area contributed by atoms with Crippen molar-refractivity contribution < 1.29 is 9.90 Å². The molecule has 1 aromatic rings. The number of hydrogen-bond donors (Lipinski definition) is 2. The van der Waals surface area contributed by atoms with Gasteiger partial charge in [-0.25, -0.2) is 9.78 Å². The molecule has 1 unspecified atom stereocenters. The lowest BCUT2D eigenvalue weighted by Gasteiger charge is -2.40. The summed E-state index contributed by atoms with van der Waals surface area (Å²) >= 11 is 1.58. The van der Waals surface area contributed by atoms with Crippen LogP contribution in [0.2, 0.25) is 0 Å². The third-order valence-electron chi connectivity index (χ3n) is 4.54. The lowest BCUT2D eigenvalue weighted by molar-refractivity contribution is 0.0516. The van der Waals surface area contributed by atoms with E-state index in [9.17, 15) is 9.90 Å². The highest BCUT2D eigenvalue weighted by atomic mass is 32.1. The number of thiazole rings is 1. The molecule has 2 amide bonds. The number of likely N-dealkylation sites (tertiary alicyclic amines) is 1. The number of carbonyl (C=O) groups excluding carboxylic acids is 1. The van der Waals surface area contributed by atoms with E-state index in [0.717, 1.165) is 30.0 Å². The van der Waals surface area contributed by atoms with E-state index in [-0.39, 0.29) is 24.1 Å². The third kappa shape index (κ3) is 3.74. The van der Waals surface area contributed by atoms with Crippen LogP contribution in [0.25, 0.3) is 0 Å². The molecule has 1 aromatic heterocycles. The first-order chi connectivity index (χ1) is 9.99. The Morgan fingerprint density at radius 2 is 2.24 bits per heavy atom. The van der Waals surface area contributed by atoms with Crippen molar-refractivity contribution in [1.82, 2.24) is 15.2 Å². The van der Waals surface area contributed by atoms with Crippen LogP contribution in [-0.2, 0) is 0 Å². The van der Waals surface area contributed by atoms with Crippen molar-refractivity contribution in [2.45, 2.75) is 46.1 Å². The Balaban J connectivity index is 1.87. The minimum atomic E-state index is -0.0631. The van der Waals surface area contributed by atoms with E-state index in [1.165, 1.54) is 0 Å². The molecule has 0 bridgehead atoms. The van der Waals surface area contributed by atoms with Gasteiger partial charge >= 0.3 is 6.03 Å². The Bertz CT molecular complexity index is 475. The van der Waals surface area contributed by atoms with E-state index >= 15 is 0 Å². The van der Waals surface area contributed by atoms with Crippen LogP contribution in [0, 0.1) is 12.3 Å². The molecular formula is C15H25N3O2S. The molecule has 1 aliphatic heterocycles. The van der Waals surface area contributed by atoms with Crippen LogP contribution in [0.15, 0.2) is 5.38 Å². The Morgan fingerprint density at radius 3 is 2.71 bits per heavy atom. The van der Waals surface area contributed by atoms with Gasteiger partial charge in [0.05, 0.1) is 6.04 Å².